The number of hydrogen-bond donors (Lipinski definition) is 1. The Morgan fingerprint density at radius 1 is 1.00 bits per heavy atom. The van der Waals surface area contributed by atoms with E-state index in [0.29, 0.717) is 28.3 Å². The number of benzene rings is 2. The van der Waals surface area contributed by atoms with Gasteiger partial charge in [0.2, 0.25) is 11.4 Å². The molecule has 4 aromatic rings. The maximum absolute atomic E-state index is 14.6. The Kier molecular flexibility index (Phi) is 5.34. The van der Waals surface area contributed by atoms with E-state index < -0.39 is 11.6 Å². The summed E-state index contributed by atoms with van der Waals surface area (Å²) < 4.78 is 31.2. The molecule has 1 aliphatic heterocycles. The molecule has 1 atom stereocenters. The molecule has 3 heterocycles. The van der Waals surface area contributed by atoms with Gasteiger partial charge in [0.15, 0.2) is 0 Å². The van der Waals surface area contributed by atoms with E-state index in [9.17, 15) is 8.78 Å². The zero-order valence-electron chi connectivity index (χ0n) is 17.6. The maximum atomic E-state index is 14.6. The molecule has 0 amide bonds. The van der Waals surface area contributed by atoms with Crippen LogP contribution in [-0.2, 0) is 6.54 Å². The number of aromatic nitrogens is 2. The van der Waals surface area contributed by atoms with E-state index in [1.54, 1.807) is 18.3 Å². The summed E-state index contributed by atoms with van der Waals surface area (Å²) in [6.45, 7) is 17.1. The van der Waals surface area contributed by atoms with Crippen molar-refractivity contribution in [3.8, 4) is 22.4 Å². The van der Waals surface area contributed by atoms with Crippen molar-refractivity contribution in [2.24, 2.45) is 5.92 Å². The highest BCUT2D eigenvalue weighted by Crippen LogP contribution is 2.39. The van der Waals surface area contributed by atoms with E-state index >= 15 is 0 Å². The third-order valence-electron chi connectivity index (χ3n) is 6.14. The zero-order valence-corrected chi connectivity index (χ0v) is 17.6. The van der Waals surface area contributed by atoms with Crippen molar-refractivity contribution in [3.63, 3.8) is 0 Å². The highest BCUT2D eigenvalue weighted by atomic mass is 19.1. The Hall–Kier alpha value is -4.07. The number of hydrogen-bond acceptors (Lipinski definition) is 2. The van der Waals surface area contributed by atoms with Crippen LogP contribution in [0.3, 0.4) is 0 Å². The van der Waals surface area contributed by atoms with Gasteiger partial charge in [0.25, 0.3) is 0 Å². The van der Waals surface area contributed by atoms with E-state index in [4.69, 9.17) is 13.1 Å². The second kappa shape index (κ2) is 8.46. The van der Waals surface area contributed by atoms with Crippen LogP contribution in [0.25, 0.3) is 43.0 Å². The van der Waals surface area contributed by atoms with Crippen molar-refractivity contribution in [1.29, 1.82) is 0 Å². The van der Waals surface area contributed by atoms with Gasteiger partial charge in [0.05, 0.1) is 30.6 Å². The molecule has 7 heteroatoms. The number of nitrogens with one attached hydrogen (secondary N) is 1. The number of pyridine rings is 1. The standard InChI is InChI=1S/C26H19F2N5/c1-29-22-5-3-17(11-20(22)27)25-19-8-10-33(15-16-7-9-31-13-16)24(19)14-32-26(25)18-4-6-23(30-2)21(28)12-18/h3-6,8,10-12,14,16,31H,7,9,13,15H2/t16-/m1/s1. The summed E-state index contributed by atoms with van der Waals surface area (Å²) in [6, 6.07) is 10.8. The molecule has 0 bridgehead atoms. The van der Waals surface area contributed by atoms with E-state index in [1.807, 2.05) is 12.3 Å². The molecular formula is C26H19F2N5. The molecule has 2 aromatic carbocycles. The molecule has 5 nitrogen and oxygen atoms in total. The van der Waals surface area contributed by atoms with Gasteiger partial charge >= 0.3 is 0 Å². The van der Waals surface area contributed by atoms with Gasteiger partial charge < -0.3 is 9.88 Å². The minimum atomic E-state index is -0.629. The van der Waals surface area contributed by atoms with Gasteiger partial charge in [0.1, 0.15) is 11.6 Å². The van der Waals surface area contributed by atoms with Crippen LogP contribution in [0.4, 0.5) is 20.2 Å². The molecule has 0 radical (unpaired) electrons. The van der Waals surface area contributed by atoms with Crippen LogP contribution < -0.4 is 5.32 Å². The van der Waals surface area contributed by atoms with Crippen molar-refractivity contribution in [2.45, 2.75) is 13.0 Å². The maximum Gasteiger partial charge on any atom is 0.222 e. The molecule has 0 spiro atoms. The fraction of sp³-hybridized carbons (Fsp3) is 0.192. The van der Waals surface area contributed by atoms with Crippen LogP contribution in [0, 0.1) is 30.7 Å². The molecule has 1 fully saturated rings. The molecule has 1 aliphatic rings. The van der Waals surface area contributed by atoms with Crippen LogP contribution in [0.1, 0.15) is 6.42 Å². The van der Waals surface area contributed by atoms with E-state index in [1.165, 1.54) is 24.3 Å². The summed E-state index contributed by atoms with van der Waals surface area (Å²) in [5.74, 6) is -0.720. The van der Waals surface area contributed by atoms with Gasteiger partial charge in [-0.05, 0) is 49.2 Å². The number of rotatable bonds is 4. The second-order valence-electron chi connectivity index (χ2n) is 8.16. The minimum absolute atomic E-state index is 0.0563. The van der Waals surface area contributed by atoms with Crippen molar-refractivity contribution in [3.05, 3.63) is 89.3 Å². The van der Waals surface area contributed by atoms with Crippen molar-refractivity contribution >= 4 is 22.3 Å². The molecule has 1 saturated heterocycles. The molecule has 2 aromatic heterocycles. The number of nitrogens with zero attached hydrogens (tertiary/aromatic N) is 4. The summed E-state index contributed by atoms with van der Waals surface area (Å²) in [4.78, 5) is 11.1. The lowest BCUT2D eigenvalue weighted by Gasteiger charge is -2.15. The first-order chi connectivity index (χ1) is 16.1. The average molecular weight is 439 g/mol. The highest BCUT2D eigenvalue weighted by molar-refractivity contribution is 6.01. The lowest BCUT2D eigenvalue weighted by Crippen LogP contribution is -2.14. The lowest BCUT2D eigenvalue weighted by molar-refractivity contribution is 0.491. The smallest absolute Gasteiger partial charge is 0.222 e. The Balaban J connectivity index is 1.72. The third-order valence-corrected chi connectivity index (χ3v) is 6.14. The van der Waals surface area contributed by atoms with Gasteiger partial charge in [-0.1, -0.05) is 24.3 Å². The minimum Gasteiger partial charge on any atom is -0.346 e. The van der Waals surface area contributed by atoms with Crippen LogP contribution >= 0.6 is 0 Å². The SMILES string of the molecule is [C-]#[N+]c1ccc(-c2ncc3c(ccn3C[C@@H]3CCNC3)c2-c2ccc([N+]#[C-])c(F)c2)cc1F. The van der Waals surface area contributed by atoms with Crippen LogP contribution in [0.2, 0.25) is 0 Å². The molecule has 33 heavy (non-hydrogen) atoms. The topological polar surface area (TPSA) is 38.6 Å². The van der Waals surface area contributed by atoms with E-state index in [0.717, 1.165) is 37.0 Å². The summed E-state index contributed by atoms with van der Waals surface area (Å²) in [5, 5.41) is 4.25. The summed E-state index contributed by atoms with van der Waals surface area (Å²) >= 11 is 0. The lowest BCUT2D eigenvalue weighted by atomic mass is 9.95. The Labute approximate surface area is 190 Å². The van der Waals surface area contributed by atoms with Gasteiger partial charge in [-0.25, -0.2) is 18.5 Å². The Morgan fingerprint density at radius 2 is 1.70 bits per heavy atom. The number of halogens is 2. The largest absolute Gasteiger partial charge is 0.346 e. The van der Waals surface area contributed by atoms with Crippen LogP contribution in [0.15, 0.2) is 54.9 Å². The summed E-state index contributed by atoms with van der Waals surface area (Å²) in [7, 11) is 0. The molecule has 1 N–H and O–H groups in total. The molecule has 0 unspecified atom stereocenters. The molecule has 5 rings (SSSR count). The Morgan fingerprint density at radius 3 is 2.33 bits per heavy atom. The molecular weight excluding hydrogens is 420 g/mol. The summed E-state index contributed by atoms with van der Waals surface area (Å²) in [5.41, 5.74) is 3.01. The molecule has 162 valence electrons. The first-order valence-corrected chi connectivity index (χ1v) is 10.6. The summed E-state index contributed by atoms with van der Waals surface area (Å²) in [6.07, 6.45) is 4.87. The molecule has 0 aliphatic carbocycles. The van der Waals surface area contributed by atoms with Crippen molar-refractivity contribution in [2.75, 3.05) is 13.1 Å². The van der Waals surface area contributed by atoms with Crippen LogP contribution in [-0.4, -0.2) is 22.6 Å². The predicted octanol–water partition coefficient (Wildman–Crippen LogP) is 6.36. The van der Waals surface area contributed by atoms with Crippen molar-refractivity contribution in [1.82, 2.24) is 14.9 Å². The average Bonchev–Trinajstić information content (AvgIpc) is 3.49. The van der Waals surface area contributed by atoms with Crippen molar-refractivity contribution < 1.29 is 8.78 Å². The fourth-order valence-electron chi connectivity index (χ4n) is 4.47. The quantitative estimate of drug-likeness (QED) is 0.376. The van der Waals surface area contributed by atoms with Gasteiger partial charge in [0, 0.05) is 29.3 Å². The van der Waals surface area contributed by atoms with Gasteiger partial charge in [-0.2, -0.15) is 0 Å². The second-order valence-corrected chi connectivity index (χ2v) is 8.16. The van der Waals surface area contributed by atoms with Gasteiger partial charge in [-0.3, -0.25) is 4.98 Å². The number of fused-ring (bicyclic) bond motifs is 1. The highest BCUT2D eigenvalue weighted by Gasteiger charge is 2.20. The first-order valence-electron chi connectivity index (χ1n) is 10.6. The van der Waals surface area contributed by atoms with E-state index in [-0.39, 0.29) is 11.4 Å². The monoisotopic (exact) mass is 439 g/mol. The molecule has 0 saturated carbocycles. The van der Waals surface area contributed by atoms with Crippen LogP contribution in [0.5, 0.6) is 0 Å². The van der Waals surface area contributed by atoms with E-state index in [2.05, 4.69) is 24.6 Å². The Bertz CT molecular complexity index is 1450. The van der Waals surface area contributed by atoms with Gasteiger partial charge in [-0.15, -0.1) is 0 Å². The predicted molar refractivity (Wildman–Crippen MR) is 124 cm³/mol. The zero-order chi connectivity index (χ0) is 22.9. The normalized spacial score (nSPS) is 15.5. The fourth-order valence-corrected chi connectivity index (χ4v) is 4.47. The third kappa shape index (κ3) is 3.73. The first kappa shape index (κ1) is 20.8.